The predicted octanol–water partition coefficient (Wildman–Crippen LogP) is 4.34. The van der Waals surface area contributed by atoms with Crippen LogP contribution in [-0.4, -0.2) is 32.8 Å². The Kier molecular flexibility index (Phi) is 7.00. The average Bonchev–Trinajstić information content (AvgIpc) is 3.08. The van der Waals surface area contributed by atoms with Crippen LogP contribution < -0.4 is 4.74 Å². The number of ether oxygens (including phenoxy) is 1. The van der Waals surface area contributed by atoms with E-state index < -0.39 is 35.5 Å². The van der Waals surface area contributed by atoms with Gasteiger partial charge >= 0.3 is 5.69 Å². The van der Waals surface area contributed by atoms with Crippen LogP contribution in [-0.2, 0) is 0 Å². The quantitative estimate of drug-likeness (QED) is 0.228. The topological polar surface area (TPSA) is 109 Å². The number of benzene rings is 2. The Hall–Kier alpha value is -2.57. The van der Waals surface area contributed by atoms with Crippen LogP contribution in [0.15, 0.2) is 48.5 Å². The van der Waals surface area contributed by atoms with E-state index in [4.69, 9.17) is 4.74 Å². The fourth-order valence-electron chi connectivity index (χ4n) is 3.03. The molecule has 0 saturated heterocycles. The molecule has 0 radical (unpaired) electrons. The molecule has 0 amide bonds. The third kappa shape index (κ3) is 4.94. The first-order valence-electron chi connectivity index (χ1n) is 8.83. The fraction of sp³-hybridized carbons (Fsp3) is 0.200. The van der Waals surface area contributed by atoms with Gasteiger partial charge in [-0.05, 0) is 40.8 Å². The van der Waals surface area contributed by atoms with E-state index in [1.807, 2.05) is 22.6 Å². The van der Waals surface area contributed by atoms with Gasteiger partial charge in [0, 0.05) is 33.3 Å². The van der Waals surface area contributed by atoms with E-state index in [-0.39, 0.29) is 34.7 Å². The SMILES string of the molecule is O=[N+]([O-])c1ccccc1OC(CC(O)CO)c1[nH]c(F)cc1-c1ccc(I)cc1F. The Morgan fingerprint density at radius 2 is 1.90 bits per heavy atom. The summed E-state index contributed by atoms with van der Waals surface area (Å²) in [7, 11) is 0. The number of aromatic amines is 1. The standard InChI is InChI=1S/C20H17F2IN2O5/c21-15-7-11(23)5-6-13(15)14-9-19(22)24-20(14)18(8-12(27)10-26)30-17-4-2-1-3-16(17)25(28)29/h1-7,9,12,18,24,26-27H,8,10H2. The number of hydrogen-bond donors (Lipinski definition) is 3. The highest BCUT2D eigenvalue weighted by molar-refractivity contribution is 14.1. The molecular formula is C20H17F2IN2O5. The maximum Gasteiger partial charge on any atom is 0.310 e. The Labute approximate surface area is 183 Å². The molecule has 30 heavy (non-hydrogen) atoms. The largest absolute Gasteiger partial charge is 0.477 e. The first-order chi connectivity index (χ1) is 14.3. The lowest BCUT2D eigenvalue weighted by Crippen LogP contribution is -2.21. The van der Waals surface area contributed by atoms with Crippen LogP contribution in [0.5, 0.6) is 5.75 Å². The van der Waals surface area contributed by atoms with Gasteiger partial charge in [-0.15, -0.1) is 0 Å². The van der Waals surface area contributed by atoms with E-state index in [1.165, 1.54) is 36.4 Å². The normalized spacial score (nSPS) is 13.1. The van der Waals surface area contributed by atoms with Crippen molar-refractivity contribution in [3.8, 4) is 16.9 Å². The molecule has 0 spiro atoms. The number of halogens is 3. The molecule has 0 aliphatic rings. The van der Waals surface area contributed by atoms with Crippen LogP contribution in [0.1, 0.15) is 18.2 Å². The second kappa shape index (κ2) is 9.49. The van der Waals surface area contributed by atoms with Crippen molar-refractivity contribution in [1.82, 2.24) is 4.98 Å². The van der Waals surface area contributed by atoms with Gasteiger partial charge in [-0.2, -0.15) is 4.39 Å². The Bertz CT molecular complexity index is 1060. The number of para-hydroxylation sites is 2. The van der Waals surface area contributed by atoms with Crippen LogP contribution in [0.2, 0.25) is 0 Å². The number of H-pyrrole nitrogens is 1. The summed E-state index contributed by atoms with van der Waals surface area (Å²) in [6.07, 6.45) is -2.61. The molecular weight excluding hydrogens is 513 g/mol. The second-order valence-corrected chi connectivity index (χ2v) is 7.72. The van der Waals surface area contributed by atoms with Crippen molar-refractivity contribution in [2.24, 2.45) is 0 Å². The summed E-state index contributed by atoms with van der Waals surface area (Å²) in [6, 6.07) is 11.1. The maximum absolute atomic E-state index is 14.6. The van der Waals surface area contributed by atoms with Gasteiger partial charge in [0.15, 0.2) is 11.7 Å². The first-order valence-corrected chi connectivity index (χ1v) is 9.90. The lowest BCUT2D eigenvalue weighted by Gasteiger charge is -2.22. The van der Waals surface area contributed by atoms with Crippen LogP contribution >= 0.6 is 22.6 Å². The van der Waals surface area contributed by atoms with Gasteiger partial charge < -0.3 is 19.9 Å². The van der Waals surface area contributed by atoms with Gasteiger partial charge in [-0.3, -0.25) is 10.1 Å². The lowest BCUT2D eigenvalue weighted by molar-refractivity contribution is -0.386. The number of rotatable bonds is 8. The van der Waals surface area contributed by atoms with E-state index in [2.05, 4.69) is 4.98 Å². The highest BCUT2D eigenvalue weighted by atomic mass is 127. The first kappa shape index (κ1) is 22.1. The van der Waals surface area contributed by atoms with E-state index in [0.29, 0.717) is 3.57 Å². The summed E-state index contributed by atoms with van der Waals surface area (Å²) in [5, 5.41) is 30.5. The highest BCUT2D eigenvalue weighted by Crippen LogP contribution is 2.37. The van der Waals surface area contributed by atoms with Crippen molar-refractivity contribution in [1.29, 1.82) is 0 Å². The summed E-state index contributed by atoms with van der Waals surface area (Å²) in [5.74, 6) is -1.47. The summed E-state index contributed by atoms with van der Waals surface area (Å²) < 4.78 is 35.1. The molecule has 3 N–H and O–H groups in total. The summed E-state index contributed by atoms with van der Waals surface area (Å²) >= 11 is 1.94. The minimum Gasteiger partial charge on any atom is -0.477 e. The summed E-state index contributed by atoms with van der Waals surface area (Å²) in [4.78, 5) is 13.1. The maximum atomic E-state index is 14.6. The van der Waals surface area contributed by atoms with Gasteiger partial charge in [0.2, 0.25) is 0 Å². The molecule has 7 nitrogen and oxygen atoms in total. The molecule has 158 valence electrons. The molecule has 1 aromatic heterocycles. The van der Waals surface area contributed by atoms with E-state index in [1.54, 1.807) is 6.07 Å². The zero-order valence-corrected chi connectivity index (χ0v) is 17.5. The summed E-state index contributed by atoms with van der Waals surface area (Å²) in [5.41, 5.74) is 0.00334. The van der Waals surface area contributed by atoms with Gasteiger partial charge in [-0.25, -0.2) is 4.39 Å². The minimum absolute atomic E-state index is 0.0817. The lowest BCUT2D eigenvalue weighted by atomic mass is 9.99. The number of nitro groups is 1. The van der Waals surface area contributed by atoms with Crippen molar-refractivity contribution in [3.05, 3.63) is 79.7 Å². The molecule has 0 saturated carbocycles. The summed E-state index contributed by atoms with van der Waals surface area (Å²) in [6.45, 7) is -0.604. The highest BCUT2D eigenvalue weighted by Gasteiger charge is 2.27. The van der Waals surface area contributed by atoms with Crippen molar-refractivity contribution >= 4 is 28.3 Å². The zero-order valence-electron chi connectivity index (χ0n) is 15.4. The Morgan fingerprint density at radius 3 is 2.57 bits per heavy atom. The van der Waals surface area contributed by atoms with Crippen LogP contribution in [0, 0.1) is 25.4 Å². The Morgan fingerprint density at radius 1 is 1.17 bits per heavy atom. The number of aromatic nitrogens is 1. The van der Waals surface area contributed by atoms with Gasteiger partial charge in [0.05, 0.1) is 23.3 Å². The molecule has 10 heteroatoms. The molecule has 2 aromatic carbocycles. The molecule has 3 rings (SSSR count). The minimum atomic E-state index is -1.25. The number of hydrogen-bond acceptors (Lipinski definition) is 5. The van der Waals surface area contributed by atoms with Crippen LogP contribution in [0.25, 0.3) is 11.1 Å². The molecule has 1 heterocycles. The zero-order chi connectivity index (χ0) is 21.8. The predicted molar refractivity (Wildman–Crippen MR) is 113 cm³/mol. The molecule has 0 aliphatic carbocycles. The van der Waals surface area contributed by atoms with Gasteiger partial charge in [-0.1, -0.05) is 18.2 Å². The number of nitro benzene ring substituents is 1. The van der Waals surface area contributed by atoms with Crippen molar-refractivity contribution in [3.63, 3.8) is 0 Å². The molecule has 2 atom stereocenters. The van der Waals surface area contributed by atoms with E-state index >= 15 is 0 Å². The van der Waals surface area contributed by atoms with Crippen molar-refractivity contribution in [2.75, 3.05) is 6.61 Å². The molecule has 3 aromatic rings. The third-order valence-electron chi connectivity index (χ3n) is 4.39. The third-order valence-corrected chi connectivity index (χ3v) is 5.06. The van der Waals surface area contributed by atoms with E-state index in [0.717, 1.165) is 6.07 Å². The van der Waals surface area contributed by atoms with Crippen molar-refractivity contribution < 1.29 is 28.7 Å². The number of nitrogens with zero attached hydrogens (tertiary/aromatic N) is 1. The van der Waals surface area contributed by atoms with E-state index in [9.17, 15) is 29.1 Å². The average molecular weight is 530 g/mol. The smallest absolute Gasteiger partial charge is 0.310 e. The number of aliphatic hydroxyl groups excluding tert-OH is 2. The molecule has 0 fully saturated rings. The van der Waals surface area contributed by atoms with Gasteiger partial charge in [0.1, 0.15) is 11.9 Å². The second-order valence-electron chi connectivity index (χ2n) is 6.47. The molecule has 0 bridgehead atoms. The monoisotopic (exact) mass is 530 g/mol. The Balaban J connectivity index is 2.09. The fourth-order valence-corrected chi connectivity index (χ4v) is 3.48. The van der Waals surface area contributed by atoms with Crippen LogP contribution in [0.3, 0.4) is 0 Å². The number of aliphatic hydroxyl groups is 2. The number of nitrogens with one attached hydrogen (secondary N) is 1. The molecule has 2 unspecified atom stereocenters. The van der Waals surface area contributed by atoms with Crippen molar-refractivity contribution in [2.45, 2.75) is 18.6 Å². The molecule has 0 aliphatic heterocycles. The van der Waals surface area contributed by atoms with Crippen LogP contribution in [0.4, 0.5) is 14.5 Å². The van der Waals surface area contributed by atoms with Gasteiger partial charge in [0.25, 0.3) is 0 Å².